The summed E-state index contributed by atoms with van der Waals surface area (Å²) in [5, 5.41) is 4.88. The highest BCUT2D eigenvalue weighted by molar-refractivity contribution is 6.02. The van der Waals surface area contributed by atoms with Gasteiger partial charge in [0.25, 0.3) is 0 Å². The van der Waals surface area contributed by atoms with E-state index in [0.717, 1.165) is 6.08 Å². The van der Waals surface area contributed by atoms with Crippen LogP contribution < -0.4 is 0 Å². The summed E-state index contributed by atoms with van der Waals surface area (Å²) < 4.78 is 16.2. The van der Waals surface area contributed by atoms with Crippen molar-refractivity contribution in [2.75, 3.05) is 26.4 Å². The quantitative estimate of drug-likeness (QED) is 0.242. The summed E-state index contributed by atoms with van der Waals surface area (Å²) in [6, 6.07) is 17.1. The van der Waals surface area contributed by atoms with E-state index < -0.39 is 5.97 Å². The van der Waals surface area contributed by atoms with Gasteiger partial charge in [-0.3, -0.25) is 0 Å². The van der Waals surface area contributed by atoms with Crippen LogP contribution in [-0.2, 0) is 25.6 Å². The average molecular weight is 364 g/mol. The first-order chi connectivity index (χ1) is 13.2. The maximum absolute atomic E-state index is 10.9. The lowest BCUT2D eigenvalue weighted by Gasteiger charge is -2.13. The van der Waals surface area contributed by atoms with Gasteiger partial charge in [0.2, 0.25) is 0 Å². The fraction of sp³-hybridized carbons (Fsp3) is 0.261. The van der Waals surface area contributed by atoms with Crippen molar-refractivity contribution in [1.82, 2.24) is 0 Å². The fourth-order valence-corrected chi connectivity index (χ4v) is 3.08. The SMILES string of the molecule is C=CC(=O)OCCOCCOCc1c2ccccc2cc2ccc(C)cc12. The van der Waals surface area contributed by atoms with Crippen molar-refractivity contribution in [3.63, 3.8) is 0 Å². The van der Waals surface area contributed by atoms with Crippen molar-refractivity contribution in [2.45, 2.75) is 13.5 Å². The molecule has 27 heavy (non-hydrogen) atoms. The normalized spacial score (nSPS) is 11.0. The second-order valence-corrected chi connectivity index (χ2v) is 6.34. The molecule has 0 unspecified atom stereocenters. The van der Waals surface area contributed by atoms with Gasteiger partial charge < -0.3 is 14.2 Å². The lowest BCUT2D eigenvalue weighted by atomic mass is 9.96. The largest absolute Gasteiger partial charge is 0.460 e. The zero-order valence-electron chi connectivity index (χ0n) is 15.6. The van der Waals surface area contributed by atoms with Gasteiger partial charge in [-0.2, -0.15) is 0 Å². The van der Waals surface area contributed by atoms with Gasteiger partial charge in [-0.1, -0.05) is 54.6 Å². The number of hydrogen-bond donors (Lipinski definition) is 0. The van der Waals surface area contributed by atoms with E-state index in [-0.39, 0.29) is 6.61 Å². The number of carbonyl (C=O) groups excluding carboxylic acids is 1. The van der Waals surface area contributed by atoms with Crippen LogP contribution in [0.15, 0.2) is 61.2 Å². The Labute approximate surface area is 159 Å². The number of ether oxygens (including phenoxy) is 3. The summed E-state index contributed by atoms with van der Waals surface area (Å²) in [6.45, 7) is 7.47. The predicted octanol–water partition coefficient (Wildman–Crippen LogP) is 4.56. The molecule has 4 nitrogen and oxygen atoms in total. The molecule has 0 amide bonds. The molecule has 0 N–H and O–H groups in total. The molecule has 0 aliphatic rings. The molecule has 0 aliphatic heterocycles. The maximum Gasteiger partial charge on any atom is 0.330 e. The van der Waals surface area contributed by atoms with Crippen LogP contribution in [0.25, 0.3) is 21.5 Å². The minimum atomic E-state index is -0.437. The molecular formula is C23H24O4. The van der Waals surface area contributed by atoms with Crippen molar-refractivity contribution in [3.05, 3.63) is 72.3 Å². The zero-order chi connectivity index (χ0) is 19.1. The van der Waals surface area contributed by atoms with Crippen molar-refractivity contribution >= 4 is 27.5 Å². The third-order valence-corrected chi connectivity index (χ3v) is 4.39. The number of esters is 1. The first kappa shape index (κ1) is 19.1. The molecule has 0 spiro atoms. The lowest BCUT2D eigenvalue weighted by Crippen LogP contribution is -2.11. The molecule has 0 bridgehead atoms. The number of hydrogen-bond acceptors (Lipinski definition) is 4. The summed E-state index contributed by atoms with van der Waals surface area (Å²) in [7, 11) is 0. The molecule has 0 saturated heterocycles. The zero-order valence-corrected chi connectivity index (χ0v) is 15.6. The van der Waals surface area contributed by atoms with Crippen molar-refractivity contribution in [1.29, 1.82) is 0 Å². The van der Waals surface area contributed by atoms with Crippen molar-refractivity contribution < 1.29 is 19.0 Å². The maximum atomic E-state index is 10.9. The molecule has 0 fully saturated rings. The standard InChI is InChI=1S/C23H24O4/c1-3-23(24)27-13-12-25-10-11-26-16-22-20-7-5-4-6-18(20)15-19-9-8-17(2)14-21(19)22/h3-9,14-15H,1,10-13,16H2,2H3. The summed E-state index contributed by atoms with van der Waals surface area (Å²) in [5.41, 5.74) is 2.43. The molecule has 3 rings (SSSR count). The highest BCUT2D eigenvalue weighted by Gasteiger charge is 2.08. The van der Waals surface area contributed by atoms with Gasteiger partial charge in [-0.05, 0) is 40.1 Å². The monoisotopic (exact) mass is 364 g/mol. The van der Waals surface area contributed by atoms with Crippen LogP contribution in [0.4, 0.5) is 0 Å². The Bertz CT molecular complexity index is 946. The molecule has 0 aliphatic carbocycles. The van der Waals surface area contributed by atoms with E-state index >= 15 is 0 Å². The van der Waals surface area contributed by atoms with E-state index in [1.54, 1.807) is 0 Å². The Morgan fingerprint density at radius 2 is 1.67 bits per heavy atom. The minimum Gasteiger partial charge on any atom is -0.460 e. The van der Waals surface area contributed by atoms with Gasteiger partial charge >= 0.3 is 5.97 Å². The van der Waals surface area contributed by atoms with E-state index in [1.165, 1.54) is 32.7 Å². The van der Waals surface area contributed by atoms with Gasteiger partial charge in [-0.15, -0.1) is 0 Å². The van der Waals surface area contributed by atoms with E-state index in [1.807, 2.05) is 0 Å². The second kappa shape index (κ2) is 9.31. The number of aryl methyl sites for hydroxylation is 1. The van der Waals surface area contributed by atoms with E-state index in [2.05, 4.69) is 62.0 Å². The van der Waals surface area contributed by atoms with E-state index in [0.29, 0.717) is 26.4 Å². The smallest absolute Gasteiger partial charge is 0.330 e. The van der Waals surface area contributed by atoms with Crippen LogP contribution in [0, 0.1) is 6.92 Å². The van der Waals surface area contributed by atoms with Gasteiger partial charge in [0, 0.05) is 6.08 Å². The van der Waals surface area contributed by atoms with Crippen molar-refractivity contribution in [3.8, 4) is 0 Å². The minimum absolute atomic E-state index is 0.220. The van der Waals surface area contributed by atoms with Gasteiger partial charge in [0.1, 0.15) is 6.61 Å². The third kappa shape index (κ3) is 4.94. The topological polar surface area (TPSA) is 44.8 Å². The number of benzene rings is 3. The van der Waals surface area contributed by atoms with Crippen LogP contribution in [0.2, 0.25) is 0 Å². The van der Waals surface area contributed by atoms with Gasteiger partial charge in [0.15, 0.2) is 0 Å². The average Bonchev–Trinajstić information content (AvgIpc) is 2.69. The fourth-order valence-electron chi connectivity index (χ4n) is 3.08. The number of fused-ring (bicyclic) bond motifs is 2. The molecule has 4 heteroatoms. The van der Waals surface area contributed by atoms with Crippen LogP contribution >= 0.6 is 0 Å². The molecule has 3 aromatic rings. The molecule has 0 radical (unpaired) electrons. The van der Waals surface area contributed by atoms with Crippen LogP contribution in [0.1, 0.15) is 11.1 Å². The molecule has 3 aromatic carbocycles. The highest BCUT2D eigenvalue weighted by atomic mass is 16.6. The Morgan fingerprint density at radius 1 is 0.926 bits per heavy atom. The Hall–Kier alpha value is -2.69. The first-order valence-electron chi connectivity index (χ1n) is 9.04. The molecule has 140 valence electrons. The number of carbonyl (C=O) groups is 1. The van der Waals surface area contributed by atoms with Crippen molar-refractivity contribution in [2.24, 2.45) is 0 Å². The molecule has 0 atom stereocenters. The Balaban J connectivity index is 1.61. The van der Waals surface area contributed by atoms with Crippen LogP contribution in [0.3, 0.4) is 0 Å². The van der Waals surface area contributed by atoms with Crippen LogP contribution in [-0.4, -0.2) is 32.4 Å². The summed E-state index contributed by atoms with van der Waals surface area (Å²) >= 11 is 0. The predicted molar refractivity (Wildman–Crippen MR) is 108 cm³/mol. The molecular weight excluding hydrogens is 340 g/mol. The first-order valence-corrected chi connectivity index (χ1v) is 9.04. The Morgan fingerprint density at radius 3 is 2.52 bits per heavy atom. The van der Waals surface area contributed by atoms with Crippen LogP contribution in [0.5, 0.6) is 0 Å². The third-order valence-electron chi connectivity index (χ3n) is 4.39. The summed E-state index contributed by atoms with van der Waals surface area (Å²) in [5.74, 6) is -0.437. The van der Waals surface area contributed by atoms with Gasteiger partial charge in [-0.25, -0.2) is 4.79 Å². The highest BCUT2D eigenvalue weighted by Crippen LogP contribution is 2.29. The molecule has 0 heterocycles. The Kier molecular flexibility index (Phi) is 6.58. The lowest BCUT2D eigenvalue weighted by molar-refractivity contribution is -0.139. The van der Waals surface area contributed by atoms with E-state index in [4.69, 9.17) is 14.2 Å². The van der Waals surface area contributed by atoms with E-state index in [9.17, 15) is 4.79 Å². The van der Waals surface area contributed by atoms with Gasteiger partial charge in [0.05, 0.1) is 26.4 Å². The summed E-state index contributed by atoms with van der Waals surface area (Å²) in [6.07, 6.45) is 1.14. The molecule has 0 aromatic heterocycles. The number of rotatable bonds is 9. The summed E-state index contributed by atoms with van der Waals surface area (Å²) in [4.78, 5) is 10.9. The molecule has 0 saturated carbocycles. The second-order valence-electron chi connectivity index (χ2n) is 6.34.